The van der Waals surface area contributed by atoms with E-state index in [9.17, 15) is 0 Å². The molecule has 0 atom stereocenters. The summed E-state index contributed by atoms with van der Waals surface area (Å²) >= 11 is 0. The quantitative estimate of drug-likeness (QED) is 0.609. The predicted molar refractivity (Wildman–Crippen MR) is 49.4 cm³/mol. The summed E-state index contributed by atoms with van der Waals surface area (Å²) in [7, 11) is 0. The van der Waals surface area contributed by atoms with Crippen molar-refractivity contribution < 1.29 is 0 Å². The minimum atomic E-state index is 1.01. The van der Waals surface area contributed by atoms with Gasteiger partial charge < -0.3 is 5.32 Å². The lowest BCUT2D eigenvalue weighted by Gasteiger charge is -2.07. The van der Waals surface area contributed by atoms with Crippen molar-refractivity contribution in [3.63, 3.8) is 0 Å². The molecule has 0 saturated heterocycles. The van der Waals surface area contributed by atoms with E-state index in [1.54, 1.807) is 0 Å². The number of hydrogen-bond donors (Lipinski definition) is 1. The Labute approximate surface area is 69.2 Å². The molecule has 0 amide bonds. The van der Waals surface area contributed by atoms with Gasteiger partial charge in [-0.1, -0.05) is 25.8 Å². The van der Waals surface area contributed by atoms with Crippen LogP contribution >= 0.6 is 0 Å². The number of nitrogens with one attached hydrogen (secondary N) is 1. The molecule has 0 unspecified atom stereocenters. The van der Waals surface area contributed by atoms with Crippen LogP contribution in [0, 0.1) is 0 Å². The zero-order valence-corrected chi connectivity index (χ0v) is 7.27. The van der Waals surface area contributed by atoms with E-state index in [-0.39, 0.29) is 0 Å². The Morgan fingerprint density at radius 1 is 1.45 bits per heavy atom. The number of unbranched alkanes of at least 4 members (excludes halogenated alkanes) is 2. The second kappa shape index (κ2) is 5.00. The highest BCUT2D eigenvalue weighted by Crippen LogP contribution is 2.11. The summed E-state index contributed by atoms with van der Waals surface area (Å²) in [6, 6.07) is 0. The van der Waals surface area contributed by atoms with Gasteiger partial charge in [-0.25, -0.2) is 0 Å². The van der Waals surface area contributed by atoms with Gasteiger partial charge in [0.05, 0.1) is 0 Å². The van der Waals surface area contributed by atoms with Gasteiger partial charge in [0.15, 0.2) is 0 Å². The van der Waals surface area contributed by atoms with Crippen LogP contribution < -0.4 is 5.32 Å². The maximum absolute atomic E-state index is 3.15. The molecule has 1 aliphatic heterocycles. The van der Waals surface area contributed by atoms with Crippen LogP contribution in [-0.2, 0) is 0 Å². The second-order valence-corrected chi connectivity index (χ2v) is 2.98. The van der Waals surface area contributed by atoms with Gasteiger partial charge >= 0.3 is 0 Å². The lowest BCUT2D eigenvalue weighted by molar-refractivity contribution is 0.715. The van der Waals surface area contributed by atoms with Crippen LogP contribution in [0.3, 0.4) is 0 Å². The van der Waals surface area contributed by atoms with Crippen LogP contribution in [0.25, 0.3) is 0 Å². The van der Waals surface area contributed by atoms with E-state index in [1.165, 1.54) is 31.3 Å². The molecule has 0 spiro atoms. The highest BCUT2D eigenvalue weighted by molar-refractivity contribution is 5.21. The predicted octanol–water partition coefficient (Wildman–Crippen LogP) is 2.61. The van der Waals surface area contributed by atoms with Crippen LogP contribution in [-0.4, -0.2) is 6.54 Å². The molecule has 0 aliphatic carbocycles. The van der Waals surface area contributed by atoms with Gasteiger partial charge in [0.1, 0.15) is 0 Å². The van der Waals surface area contributed by atoms with Crippen molar-refractivity contribution in [3.8, 4) is 0 Å². The van der Waals surface area contributed by atoms with Crippen molar-refractivity contribution in [3.05, 3.63) is 23.9 Å². The lowest BCUT2D eigenvalue weighted by Crippen LogP contribution is -2.08. The Morgan fingerprint density at radius 2 is 2.36 bits per heavy atom. The van der Waals surface area contributed by atoms with Crippen LogP contribution in [0.4, 0.5) is 0 Å². The second-order valence-electron chi connectivity index (χ2n) is 2.98. The third-order valence-electron chi connectivity index (χ3n) is 1.97. The molecule has 1 aliphatic rings. The van der Waals surface area contributed by atoms with Gasteiger partial charge in [-0.15, -0.1) is 0 Å². The van der Waals surface area contributed by atoms with Gasteiger partial charge in [-0.05, 0) is 30.7 Å². The molecule has 1 heteroatoms. The van der Waals surface area contributed by atoms with Gasteiger partial charge in [0, 0.05) is 6.54 Å². The normalized spacial score (nSPS) is 15.9. The van der Waals surface area contributed by atoms with Gasteiger partial charge in [0.2, 0.25) is 0 Å². The minimum Gasteiger partial charge on any atom is -0.387 e. The van der Waals surface area contributed by atoms with Crippen LogP contribution in [0.1, 0.15) is 32.6 Å². The summed E-state index contributed by atoms with van der Waals surface area (Å²) < 4.78 is 0. The number of rotatable bonds is 4. The van der Waals surface area contributed by atoms with E-state index in [4.69, 9.17) is 0 Å². The van der Waals surface area contributed by atoms with E-state index >= 15 is 0 Å². The minimum absolute atomic E-state index is 1.01. The fourth-order valence-electron chi connectivity index (χ4n) is 1.26. The number of dihydropyridines is 1. The summed E-state index contributed by atoms with van der Waals surface area (Å²) in [5.74, 6) is 0. The Kier molecular flexibility index (Phi) is 3.81. The summed E-state index contributed by atoms with van der Waals surface area (Å²) in [5.41, 5.74) is 1.50. The topological polar surface area (TPSA) is 12.0 Å². The molecule has 0 fully saturated rings. The molecule has 1 heterocycles. The molecule has 0 bridgehead atoms. The maximum Gasteiger partial charge on any atom is 0.0330 e. The third-order valence-corrected chi connectivity index (χ3v) is 1.97. The standard InChI is InChI=1S/C10H17N/c1-2-3-4-5-10-6-8-11-9-7-10/h6-8,11H,2-5,9H2,1H3. The Bertz CT molecular complexity index is 156. The molecule has 62 valence electrons. The third kappa shape index (κ3) is 3.26. The zero-order chi connectivity index (χ0) is 7.94. The van der Waals surface area contributed by atoms with Crippen molar-refractivity contribution in [2.75, 3.05) is 6.54 Å². The van der Waals surface area contributed by atoms with E-state index in [2.05, 4.69) is 24.4 Å². The molecule has 0 radical (unpaired) electrons. The molecule has 1 N–H and O–H groups in total. The van der Waals surface area contributed by atoms with E-state index in [0.717, 1.165) is 6.54 Å². The number of hydrogen-bond acceptors (Lipinski definition) is 1. The van der Waals surface area contributed by atoms with Crippen molar-refractivity contribution in [1.29, 1.82) is 0 Å². The molecular formula is C10H17N. The van der Waals surface area contributed by atoms with Crippen molar-refractivity contribution in [2.45, 2.75) is 32.6 Å². The SMILES string of the molecule is CCCCCC1=CCNC=C1. The van der Waals surface area contributed by atoms with Crippen molar-refractivity contribution in [1.82, 2.24) is 5.32 Å². The van der Waals surface area contributed by atoms with Crippen LogP contribution in [0.5, 0.6) is 0 Å². The first kappa shape index (κ1) is 8.38. The fraction of sp³-hybridized carbons (Fsp3) is 0.600. The van der Waals surface area contributed by atoms with Crippen molar-refractivity contribution in [2.24, 2.45) is 0 Å². The van der Waals surface area contributed by atoms with Gasteiger partial charge in [-0.2, -0.15) is 0 Å². The molecule has 0 aromatic heterocycles. The largest absolute Gasteiger partial charge is 0.387 e. The van der Waals surface area contributed by atoms with Crippen LogP contribution in [0.15, 0.2) is 23.9 Å². The van der Waals surface area contributed by atoms with E-state index < -0.39 is 0 Å². The molecular weight excluding hydrogens is 134 g/mol. The summed E-state index contributed by atoms with van der Waals surface area (Å²) in [5, 5.41) is 3.15. The van der Waals surface area contributed by atoms with Crippen molar-refractivity contribution >= 4 is 0 Å². The highest BCUT2D eigenvalue weighted by atomic mass is 14.8. The summed E-state index contributed by atoms with van der Waals surface area (Å²) in [6.45, 7) is 3.25. The average Bonchev–Trinajstić information content (AvgIpc) is 2.07. The molecule has 0 aromatic carbocycles. The summed E-state index contributed by atoms with van der Waals surface area (Å²) in [6.07, 6.45) is 11.8. The van der Waals surface area contributed by atoms with E-state index in [1.807, 2.05) is 6.20 Å². The fourth-order valence-corrected chi connectivity index (χ4v) is 1.26. The number of allylic oxidation sites excluding steroid dienone is 2. The smallest absolute Gasteiger partial charge is 0.0330 e. The monoisotopic (exact) mass is 151 g/mol. The maximum atomic E-state index is 3.15. The molecule has 1 nitrogen and oxygen atoms in total. The first-order valence-electron chi connectivity index (χ1n) is 4.52. The first-order valence-corrected chi connectivity index (χ1v) is 4.52. The molecule has 1 rings (SSSR count). The molecule has 0 saturated carbocycles. The zero-order valence-electron chi connectivity index (χ0n) is 7.27. The summed E-state index contributed by atoms with van der Waals surface area (Å²) in [4.78, 5) is 0. The van der Waals surface area contributed by atoms with Gasteiger partial charge in [-0.3, -0.25) is 0 Å². The molecule has 11 heavy (non-hydrogen) atoms. The highest BCUT2D eigenvalue weighted by Gasteiger charge is 1.95. The van der Waals surface area contributed by atoms with Crippen LogP contribution in [0.2, 0.25) is 0 Å². The first-order chi connectivity index (χ1) is 5.43. The molecule has 0 aromatic rings. The Morgan fingerprint density at radius 3 is 3.00 bits per heavy atom. The lowest BCUT2D eigenvalue weighted by atomic mass is 10.1. The van der Waals surface area contributed by atoms with E-state index in [0.29, 0.717) is 0 Å². The van der Waals surface area contributed by atoms with Gasteiger partial charge in [0.25, 0.3) is 0 Å². The average molecular weight is 151 g/mol. The Hall–Kier alpha value is -0.720. The Balaban J connectivity index is 2.15.